The highest BCUT2D eigenvalue weighted by Crippen LogP contribution is 2.65. The predicted molar refractivity (Wildman–Crippen MR) is 305 cm³/mol. The second-order valence-corrected chi connectivity index (χ2v) is 23.8. The number of hydrogen-bond acceptors (Lipinski definition) is 4. The first kappa shape index (κ1) is 43.5. The molecule has 356 valence electrons. The third kappa shape index (κ3) is 5.80. The smallest absolute Gasteiger partial charge is 0.137 e. The van der Waals surface area contributed by atoms with Crippen LogP contribution >= 0.6 is 11.8 Å². The normalized spacial score (nSPS) is 14.9. The van der Waals surface area contributed by atoms with E-state index in [9.17, 15) is 0 Å². The highest BCUT2D eigenvalue weighted by molar-refractivity contribution is 7.99. The number of rotatable bonds is 3. The molecule has 0 saturated heterocycles. The molecule has 3 heterocycles. The fourth-order valence-electron chi connectivity index (χ4n) is 13.4. The van der Waals surface area contributed by atoms with Crippen molar-refractivity contribution < 1.29 is 9.15 Å². The molecule has 0 bridgehead atoms. The van der Waals surface area contributed by atoms with Gasteiger partial charge in [0.15, 0.2) is 0 Å². The Kier molecular flexibility index (Phi) is 8.97. The molecule has 4 aliphatic rings. The molecule has 4 heteroatoms. The molecule has 0 fully saturated rings. The zero-order valence-electron chi connectivity index (χ0n) is 42.4. The molecule has 0 atom stereocenters. The van der Waals surface area contributed by atoms with Crippen LogP contribution in [0.1, 0.15) is 97.2 Å². The highest BCUT2D eigenvalue weighted by Gasteiger charge is 2.53. The zero-order valence-corrected chi connectivity index (χ0v) is 43.2. The first-order chi connectivity index (χ1) is 35.9. The van der Waals surface area contributed by atoms with Gasteiger partial charge in [0.25, 0.3) is 0 Å². The van der Waals surface area contributed by atoms with E-state index in [4.69, 9.17) is 9.15 Å². The largest absolute Gasteiger partial charge is 0.457 e. The third-order valence-corrected chi connectivity index (χ3v) is 17.9. The summed E-state index contributed by atoms with van der Waals surface area (Å²) in [6, 6.07) is 79.7. The lowest BCUT2D eigenvalue weighted by atomic mass is 9.65. The van der Waals surface area contributed by atoms with Gasteiger partial charge in [0, 0.05) is 37.7 Å². The molecule has 2 spiro atoms. The number of para-hydroxylation sites is 2. The van der Waals surface area contributed by atoms with Crippen LogP contribution < -0.4 is 9.64 Å². The van der Waals surface area contributed by atoms with Gasteiger partial charge in [0.05, 0.1) is 21.9 Å². The molecule has 0 radical (unpaired) electrons. The summed E-state index contributed by atoms with van der Waals surface area (Å²) in [5.74, 6) is 1.74. The lowest BCUT2D eigenvalue weighted by molar-refractivity contribution is 0.436. The number of benzene rings is 10. The van der Waals surface area contributed by atoms with E-state index < -0.39 is 10.8 Å². The van der Waals surface area contributed by atoms with Gasteiger partial charge in [-0.25, -0.2) is 0 Å². The molecular formula is C70H53NO2S. The van der Waals surface area contributed by atoms with Gasteiger partial charge in [-0.05, 0) is 144 Å². The maximum atomic E-state index is 7.15. The van der Waals surface area contributed by atoms with Crippen LogP contribution in [0, 0.1) is 0 Å². The molecule has 15 rings (SSSR count). The molecule has 0 amide bonds. The molecule has 0 saturated carbocycles. The third-order valence-electron chi connectivity index (χ3n) is 16.7. The monoisotopic (exact) mass is 971 g/mol. The van der Waals surface area contributed by atoms with E-state index in [2.05, 4.69) is 259 Å². The number of nitrogens with zero attached hydrogens (tertiary/aromatic N) is 1. The second-order valence-electron chi connectivity index (χ2n) is 22.8. The number of anilines is 3. The quantitative estimate of drug-likeness (QED) is 0.176. The average molecular weight is 972 g/mol. The van der Waals surface area contributed by atoms with Gasteiger partial charge >= 0.3 is 0 Å². The van der Waals surface area contributed by atoms with Gasteiger partial charge in [-0.15, -0.1) is 0 Å². The molecule has 0 unspecified atom stereocenters. The number of hydrogen-bond donors (Lipinski definition) is 0. The predicted octanol–water partition coefficient (Wildman–Crippen LogP) is 18.9. The van der Waals surface area contributed by atoms with Crippen LogP contribution in [-0.2, 0) is 21.7 Å². The maximum Gasteiger partial charge on any atom is 0.137 e. The fourth-order valence-corrected chi connectivity index (χ4v) is 14.5. The topological polar surface area (TPSA) is 25.6 Å². The lowest BCUT2D eigenvalue weighted by Gasteiger charge is -2.41. The Labute approximate surface area is 437 Å². The molecule has 0 N–H and O–H groups in total. The average Bonchev–Trinajstić information content (AvgIpc) is 4.15. The Morgan fingerprint density at radius 2 is 0.865 bits per heavy atom. The van der Waals surface area contributed by atoms with Gasteiger partial charge in [-0.1, -0.05) is 199 Å². The summed E-state index contributed by atoms with van der Waals surface area (Å²) in [5, 5.41) is 2.15. The number of fused-ring (bicyclic) bond motifs is 21. The van der Waals surface area contributed by atoms with E-state index in [1.807, 2.05) is 11.8 Å². The van der Waals surface area contributed by atoms with Crippen LogP contribution in [0.2, 0.25) is 0 Å². The molecule has 1 aromatic heterocycles. The van der Waals surface area contributed by atoms with Crippen LogP contribution in [0.15, 0.2) is 227 Å². The van der Waals surface area contributed by atoms with Crippen LogP contribution in [-0.4, -0.2) is 0 Å². The second kappa shape index (κ2) is 15.3. The zero-order chi connectivity index (χ0) is 49.9. The summed E-state index contributed by atoms with van der Waals surface area (Å²) < 4.78 is 13.9. The summed E-state index contributed by atoms with van der Waals surface area (Å²) in [5.41, 5.74) is 21.2. The standard InChI is InChI=1S/C70H53NO2S/c1-67(2,3)42-30-34-47-48-35-31-43(68(4,5)6)39-56(48)70(55(47)38-42)52-21-10-14-26-61(52)73-62-37-33-45(41-58(62)70)71(59-24-17-27-63-66(59)50-19-8-13-25-60(50)72-63)44-32-36-49-46-18-7-9-20-51(46)69(57(49)40-44)53-22-11-15-28-64(53)74-65-29-16-12-23-54(65)69/h7-41H,1-6H3. The van der Waals surface area contributed by atoms with Crippen molar-refractivity contribution in [3.05, 3.63) is 268 Å². The minimum Gasteiger partial charge on any atom is -0.457 e. The van der Waals surface area contributed by atoms with Crippen molar-refractivity contribution in [3.8, 4) is 33.8 Å². The minimum absolute atomic E-state index is 0.0809. The van der Waals surface area contributed by atoms with Gasteiger partial charge in [0.2, 0.25) is 0 Å². The van der Waals surface area contributed by atoms with E-state index in [-0.39, 0.29) is 10.8 Å². The van der Waals surface area contributed by atoms with Crippen molar-refractivity contribution in [2.24, 2.45) is 0 Å². The number of furan rings is 1. The number of ether oxygens (including phenoxy) is 1. The van der Waals surface area contributed by atoms with E-state index in [1.165, 1.54) is 76.6 Å². The first-order valence-electron chi connectivity index (χ1n) is 26.0. The highest BCUT2D eigenvalue weighted by atomic mass is 32.2. The van der Waals surface area contributed by atoms with Gasteiger partial charge in [-0.2, -0.15) is 0 Å². The molecule has 3 nitrogen and oxygen atoms in total. The van der Waals surface area contributed by atoms with E-state index in [1.54, 1.807) is 0 Å². The summed E-state index contributed by atoms with van der Waals surface area (Å²) >= 11 is 1.88. The SMILES string of the molecule is CC(C)(C)c1ccc2c(c1)C1(c3ccccc3Oc3ccc(N(c4ccc5c(c4)C4(c6ccccc6Sc6ccccc64)c4ccccc4-5)c4cccc5oc6ccccc6c45)cc31)c1cc(C(C)(C)C)ccc1-2. The van der Waals surface area contributed by atoms with Crippen molar-refractivity contribution in [1.82, 2.24) is 0 Å². The van der Waals surface area contributed by atoms with Gasteiger partial charge < -0.3 is 14.1 Å². The Morgan fingerprint density at radius 1 is 0.378 bits per heavy atom. The summed E-state index contributed by atoms with van der Waals surface area (Å²) in [6.07, 6.45) is 0. The van der Waals surface area contributed by atoms with E-state index >= 15 is 0 Å². The van der Waals surface area contributed by atoms with E-state index in [0.29, 0.717) is 0 Å². The van der Waals surface area contributed by atoms with Crippen LogP contribution in [0.25, 0.3) is 44.2 Å². The molecular weight excluding hydrogens is 919 g/mol. The summed E-state index contributed by atoms with van der Waals surface area (Å²) in [4.78, 5) is 5.07. The molecule has 11 aromatic rings. The lowest BCUT2D eigenvalue weighted by Crippen LogP contribution is -2.33. The van der Waals surface area contributed by atoms with Gasteiger partial charge in [0.1, 0.15) is 22.7 Å². The summed E-state index contributed by atoms with van der Waals surface area (Å²) in [6.45, 7) is 14.0. The van der Waals surface area contributed by atoms with Crippen molar-refractivity contribution in [1.29, 1.82) is 0 Å². The van der Waals surface area contributed by atoms with Crippen molar-refractivity contribution in [2.45, 2.75) is 73.0 Å². The van der Waals surface area contributed by atoms with E-state index in [0.717, 1.165) is 61.6 Å². The Bertz CT molecular complexity index is 4090. The van der Waals surface area contributed by atoms with Gasteiger partial charge in [-0.3, -0.25) is 0 Å². The Morgan fingerprint density at radius 3 is 1.54 bits per heavy atom. The van der Waals surface area contributed by atoms with Crippen LogP contribution in [0.3, 0.4) is 0 Å². The molecule has 74 heavy (non-hydrogen) atoms. The van der Waals surface area contributed by atoms with Crippen LogP contribution in [0.4, 0.5) is 17.1 Å². The maximum absolute atomic E-state index is 7.15. The first-order valence-corrected chi connectivity index (χ1v) is 26.8. The minimum atomic E-state index is -0.704. The molecule has 10 aromatic carbocycles. The molecule has 2 aliphatic carbocycles. The Balaban J connectivity index is 1.05. The fraction of sp³-hybridized carbons (Fsp3) is 0.143. The Hall–Kier alpha value is -8.05. The van der Waals surface area contributed by atoms with Crippen molar-refractivity contribution in [2.75, 3.05) is 4.90 Å². The summed E-state index contributed by atoms with van der Waals surface area (Å²) in [7, 11) is 0. The molecule has 2 aliphatic heterocycles. The van der Waals surface area contributed by atoms with Crippen molar-refractivity contribution >= 4 is 50.8 Å². The van der Waals surface area contributed by atoms with Crippen LogP contribution in [0.5, 0.6) is 11.5 Å². The van der Waals surface area contributed by atoms with Crippen molar-refractivity contribution in [3.63, 3.8) is 0 Å².